The minimum atomic E-state index is -4.43. The van der Waals surface area contributed by atoms with Crippen molar-refractivity contribution in [1.29, 1.82) is 0 Å². The third-order valence-corrected chi connectivity index (χ3v) is 4.30. The zero-order valence-corrected chi connectivity index (χ0v) is 14.2. The quantitative estimate of drug-likeness (QED) is 0.758. The number of hydrogen-bond acceptors (Lipinski definition) is 2. The van der Waals surface area contributed by atoms with E-state index in [1.807, 2.05) is 0 Å². The Hall–Kier alpha value is -2.05. The zero-order valence-electron chi connectivity index (χ0n) is 14.2. The summed E-state index contributed by atoms with van der Waals surface area (Å²) in [6.07, 6.45) is -0.591. The van der Waals surface area contributed by atoms with Gasteiger partial charge in [-0.15, -0.1) is 0 Å². The molecule has 4 nitrogen and oxygen atoms in total. The Labute approximate surface area is 145 Å². The lowest BCUT2D eigenvalue weighted by molar-refractivity contribution is -0.138. The van der Waals surface area contributed by atoms with Crippen molar-refractivity contribution in [3.05, 3.63) is 35.4 Å². The molecule has 1 aromatic rings. The molecule has 1 aromatic carbocycles. The number of alkyl halides is 3. The molecule has 0 aromatic heterocycles. The fourth-order valence-corrected chi connectivity index (χ4v) is 2.95. The summed E-state index contributed by atoms with van der Waals surface area (Å²) < 4.78 is 38.2. The van der Waals surface area contributed by atoms with E-state index in [0.717, 1.165) is 31.4 Å². The summed E-state index contributed by atoms with van der Waals surface area (Å²) in [5, 5.41) is 2.80. The number of benzene rings is 1. The second-order valence-corrected chi connectivity index (χ2v) is 6.21. The van der Waals surface area contributed by atoms with Crippen LogP contribution in [0.5, 0.6) is 0 Å². The van der Waals surface area contributed by atoms with Crippen LogP contribution in [-0.4, -0.2) is 29.8 Å². The van der Waals surface area contributed by atoms with Crippen LogP contribution in [0.1, 0.15) is 56.2 Å². The molecule has 0 aliphatic carbocycles. The maximum Gasteiger partial charge on any atom is 0.416 e. The van der Waals surface area contributed by atoms with Crippen molar-refractivity contribution < 1.29 is 22.8 Å². The monoisotopic (exact) mass is 356 g/mol. The normalized spacial score (nSPS) is 16.2. The van der Waals surface area contributed by atoms with Gasteiger partial charge in [-0.1, -0.05) is 31.9 Å². The third-order valence-electron chi connectivity index (χ3n) is 4.30. The molecule has 7 heteroatoms. The summed E-state index contributed by atoms with van der Waals surface area (Å²) in [5.41, 5.74) is -0.373. The second-order valence-electron chi connectivity index (χ2n) is 6.21. The van der Waals surface area contributed by atoms with Crippen molar-refractivity contribution in [3.63, 3.8) is 0 Å². The predicted octanol–water partition coefficient (Wildman–Crippen LogP) is 3.68. The first-order valence-corrected chi connectivity index (χ1v) is 8.59. The number of halogens is 3. The van der Waals surface area contributed by atoms with Gasteiger partial charge in [0.05, 0.1) is 5.56 Å². The predicted molar refractivity (Wildman–Crippen MR) is 87.7 cm³/mol. The molecule has 2 rings (SSSR count). The summed E-state index contributed by atoms with van der Waals surface area (Å²) in [6, 6.07) is 3.59. The van der Waals surface area contributed by atoms with Gasteiger partial charge < -0.3 is 10.2 Å². The van der Waals surface area contributed by atoms with Gasteiger partial charge in [0.25, 0.3) is 0 Å². The minimum Gasteiger partial charge on any atom is -0.354 e. The molecule has 1 N–H and O–H groups in total. The van der Waals surface area contributed by atoms with Crippen LogP contribution in [0.3, 0.4) is 0 Å². The van der Waals surface area contributed by atoms with Crippen molar-refractivity contribution in [2.24, 2.45) is 0 Å². The second kappa shape index (κ2) is 8.36. The molecule has 1 atom stereocenters. The Kier molecular flexibility index (Phi) is 6.45. The first-order valence-electron chi connectivity index (χ1n) is 8.59. The van der Waals surface area contributed by atoms with Crippen LogP contribution in [-0.2, 0) is 15.8 Å². The van der Waals surface area contributed by atoms with Gasteiger partial charge in [0.15, 0.2) is 0 Å². The van der Waals surface area contributed by atoms with E-state index in [-0.39, 0.29) is 11.8 Å². The van der Waals surface area contributed by atoms with Crippen LogP contribution in [0.4, 0.5) is 13.2 Å². The summed E-state index contributed by atoms with van der Waals surface area (Å²) in [5.74, 6) is -0.486. The molecule has 1 unspecified atom stereocenters. The van der Waals surface area contributed by atoms with Gasteiger partial charge in [0.2, 0.25) is 11.8 Å². The van der Waals surface area contributed by atoms with E-state index < -0.39 is 17.8 Å². The van der Waals surface area contributed by atoms with Crippen molar-refractivity contribution in [2.75, 3.05) is 13.1 Å². The van der Waals surface area contributed by atoms with Gasteiger partial charge in [-0.05, 0) is 30.5 Å². The molecule has 0 bridgehead atoms. The average molecular weight is 356 g/mol. The smallest absolute Gasteiger partial charge is 0.354 e. The molecule has 0 saturated carbocycles. The van der Waals surface area contributed by atoms with Gasteiger partial charge in [-0.25, -0.2) is 0 Å². The van der Waals surface area contributed by atoms with Crippen molar-refractivity contribution >= 4 is 11.8 Å². The van der Waals surface area contributed by atoms with Crippen LogP contribution in [0.2, 0.25) is 0 Å². The number of amides is 2. The lowest BCUT2D eigenvalue weighted by atomic mass is 10.0. The van der Waals surface area contributed by atoms with Gasteiger partial charge in [-0.2, -0.15) is 13.2 Å². The summed E-state index contributed by atoms with van der Waals surface area (Å²) >= 11 is 0. The molecule has 25 heavy (non-hydrogen) atoms. The number of carbonyl (C=O) groups is 2. The molecule has 0 spiro atoms. The van der Waals surface area contributed by atoms with E-state index in [0.29, 0.717) is 31.5 Å². The number of nitrogens with one attached hydrogen (secondary N) is 1. The maximum atomic E-state index is 12.7. The van der Waals surface area contributed by atoms with Gasteiger partial charge in [0, 0.05) is 19.5 Å². The molecular weight excluding hydrogens is 333 g/mol. The lowest BCUT2D eigenvalue weighted by Crippen LogP contribution is -2.41. The molecule has 1 aliphatic rings. The number of nitrogens with zero attached hydrogens (tertiary/aromatic N) is 1. The standard InChI is InChI=1S/C18H23F3N2O2/c1-2-3-4-11-22-17(25)16(23-12-5-6-15(23)24)13-7-9-14(10-8-13)18(19,20)21/h7-10,16H,2-6,11-12H2,1H3,(H,22,25). The van der Waals surface area contributed by atoms with Crippen LogP contribution in [0.25, 0.3) is 0 Å². The lowest BCUT2D eigenvalue weighted by Gasteiger charge is -2.27. The Balaban J connectivity index is 2.19. The first-order chi connectivity index (χ1) is 11.8. The Morgan fingerprint density at radius 1 is 1.24 bits per heavy atom. The number of rotatable bonds is 7. The van der Waals surface area contributed by atoms with Crippen molar-refractivity contribution in [3.8, 4) is 0 Å². The number of unbranched alkanes of at least 4 members (excludes halogenated alkanes) is 2. The minimum absolute atomic E-state index is 0.145. The largest absolute Gasteiger partial charge is 0.416 e. The highest BCUT2D eigenvalue weighted by Gasteiger charge is 2.35. The van der Waals surface area contributed by atoms with E-state index in [2.05, 4.69) is 12.2 Å². The van der Waals surface area contributed by atoms with Crippen LogP contribution >= 0.6 is 0 Å². The summed E-state index contributed by atoms with van der Waals surface area (Å²) in [6.45, 7) is 2.98. The van der Waals surface area contributed by atoms with Crippen LogP contribution in [0.15, 0.2) is 24.3 Å². The van der Waals surface area contributed by atoms with Gasteiger partial charge in [-0.3, -0.25) is 9.59 Å². The van der Waals surface area contributed by atoms with E-state index in [1.54, 1.807) is 0 Å². The first kappa shape index (κ1) is 19.3. The summed E-state index contributed by atoms with van der Waals surface area (Å²) in [7, 11) is 0. The van der Waals surface area contributed by atoms with Gasteiger partial charge >= 0.3 is 6.18 Å². The molecule has 1 saturated heterocycles. The molecular formula is C18H23F3N2O2. The highest BCUT2D eigenvalue weighted by atomic mass is 19.4. The number of carbonyl (C=O) groups excluding carboxylic acids is 2. The van der Waals surface area contributed by atoms with E-state index in [9.17, 15) is 22.8 Å². The van der Waals surface area contributed by atoms with E-state index in [4.69, 9.17) is 0 Å². The fraction of sp³-hybridized carbons (Fsp3) is 0.556. The van der Waals surface area contributed by atoms with Crippen molar-refractivity contribution in [1.82, 2.24) is 10.2 Å². The molecule has 1 fully saturated rings. The molecule has 1 heterocycles. The van der Waals surface area contributed by atoms with Crippen LogP contribution < -0.4 is 5.32 Å². The Morgan fingerprint density at radius 2 is 1.92 bits per heavy atom. The zero-order chi connectivity index (χ0) is 18.4. The molecule has 0 radical (unpaired) electrons. The Bertz CT molecular complexity index is 599. The fourth-order valence-electron chi connectivity index (χ4n) is 2.95. The highest BCUT2D eigenvalue weighted by molar-refractivity contribution is 5.89. The van der Waals surface area contributed by atoms with Crippen molar-refractivity contribution in [2.45, 2.75) is 51.2 Å². The molecule has 2 amide bonds. The number of hydrogen-bond donors (Lipinski definition) is 1. The highest BCUT2D eigenvalue weighted by Crippen LogP contribution is 2.32. The third kappa shape index (κ3) is 4.96. The van der Waals surface area contributed by atoms with Gasteiger partial charge in [0.1, 0.15) is 6.04 Å². The summed E-state index contributed by atoms with van der Waals surface area (Å²) in [4.78, 5) is 26.1. The SMILES string of the molecule is CCCCCNC(=O)C(c1ccc(C(F)(F)F)cc1)N1CCCC1=O. The maximum absolute atomic E-state index is 12.7. The van der Waals surface area contributed by atoms with Crippen LogP contribution in [0, 0.1) is 0 Å². The molecule has 1 aliphatic heterocycles. The van der Waals surface area contributed by atoms with E-state index in [1.165, 1.54) is 17.0 Å². The topological polar surface area (TPSA) is 49.4 Å². The molecule has 138 valence electrons. The Morgan fingerprint density at radius 3 is 2.44 bits per heavy atom. The number of likely N-dealkylation sites (tertiary alicyclic amines) is 1. The van der Waals surface area contributed by atoms with E-state index >= 15 is 0 Å². The average Bonchev–Trinajstić information content (AvgIpc) is 2.97.